The Morgan fingerprint density at radius 3 is 2.77 bits per heavy atom. The summed E-state index contributed by atoms with van der Waals surface area (Å²) in [4.78, 5) is 25.3. The summed E-state index contributed by atoms with van der Waals surface area (Å²) < 4.78 is 4.98. The lowest BCUT2D eigenvalue weighted by Gasteiger charge is -2.16. The topological polar surface area (TPSA) is 66.8 Å². The number of esters is 1. The average Bonchev–Trinajstić information content (AvgIpc) is 3.00. The molecule has 0 saturated heterocycles. The number of ether oxygens (including phenoxy) is 1. The van der Waals surface area contributed by atoms with Crippen LogP contribution in [0, 0.1) is 6.92 Å². The Hall–Kier alpha value is -2.34. The lowest BCUT2D eigenvalue weighted by Crippen LogP contribution is -2.30. The summed E-state index contributed by atoms with van der Waals surface area (Å²) in [5.74, 6) is -1.13. The molecule has 2 aromatic rings. The Morgan fingerprint density at radius 2 is 2.09 bits per heavy atom. The van der Waals surface area contributed by atoms with E-state index in [4.69, 9.17) is 4.74 Å². The number of amides is 1. The molecule has 0 saturated carbocycles. The van der Waals surface area contributed by atoms with Crippen LogP contribution in [0.5, 0.6) is 5.75 Å². The van der Waals surface area contributed by atoms with Crippen LogP contribution in [-0.4, -0.2) is 35.5 Å². The Kier molecular flexibility index (Phi) is 5.16. The van der Waals surface area contributed by atoms with E-state index in [2.05, 4.69) is 0 Å². The van der Waals surface area contributed by atoms with Gasteiger partial charge in [0.05, 0.1) is 0 Å². The Morgan fingerprint density at radius 1 is 1.32 bits per heavy atom. The highest BCUT2D eigenvalue weighted by molar-refractivity contribution is 7.07. The maximum absolute atomic E-state index is 11.9. The van der Waals surface area contributed by atoms with Gasteiger partial charge >= 0.3 is 5.97 Å². The number of aromatic hydroxyl groups is 1. The number of hydrogen-bond acceptors (Lipinski definition) is 5. The molecule has 1 heterocycles. The number of benzene rings is 1. The highest BCUT2D eigenvalue weighted by Gasteiger charge is 2.17. The fraction of sp³-hybridized carbons (Fsp3) is 0.250. The summed E-state index contributed by atoms with van der Waals surface area (Å²) in [5, 5.41) is 13.7. The molecule has 0 aliphatic rings. The summed E-state index contributed by atoms with van der Waals surface area (Å²) in [6.07, 6.45) is 0. The second-order valence-corrected chi connectivity index (χ2v) is 5.71. The molecule has 1 N–H and O–H groups in total. The average molecular weight is 319 g/mol. The van der Waals surface area contributed by atoms with Crippen molar-refractivity contribution in [1.82, 2.24) is 4.90 Å². The van der Waals surface area contributed by atoms with Gasteiger partial charge in [-0.25, -0.2) is 4.79 Å². The fourth-order valence-corrected chi connectivity index (χ4v) is 2.54. The summed E-state index contributed by atoms with van der Waals surface area (Å²) >= 11 is 1.56. The quantitative estimate of drug-likeness (QED) is 0.860. The van der Waals surface area contributed by atoms with Crippen molar-refractivity contribution < 1.29 is 19.4 Å². The lowest BCUT2D eigenvalue weighted by molar-refractivity contribution is -0.133. The van der Waals surface area contributed by atoms with Crippen molar-refractivity contribution in [2.45, 2.75) is 13.5 Å². The first-order valence-electron chi connectivity index (χ1n) is 6.69. The molecule has 1 aromatic carbocycles. The lowest BCUT2D eigenvalue weighted by atomic mass is 10.1. The van der Waals surface area contributed by atoms with Crippen molar-refractivity contribution in [2.75, 3.05) is 13.7 Å². The monoisotopic (exact) mass is 319 g/mol. The van der Waals surface area contributed by atoms with Crippen molar-refractivity contribution in [1.29, 1.82) is 0 Å². The van der Waals surface area contributed by atoms with Crippen molar-refractivity contribution in [3.63, 3.8) is 0 Å². The van der Waals surface area contributed by atoms with Crippen molar-refractivity contribution >= 4 is 23.2 Å². The third kappa shape index (κ3) is 3.85. The number of nitrogens with zero attached hydrogens (tertiary/aromatic N) is 1. The van der Waals surface area contributed by atoms with Crippen LogP contribution in [0.15, 0.2) is 35.0 Å². The van der Waals surface area contributed by atoms with Gasteiger partial charge in [0.25, 0.3) is 5.91 Å². The molecule has 0 bridgehead atoms. The maximum Gasteiger partial charge on any atom is 0.342 e. The zero-order chi connectivity index (χ0) is 16.1. The number of carbonyl (C=O) groups is 2. The Labute approximate surface area is 132 Å². The number of rotatable bonds is 5. The Balaban J connectivity index is 1.90. The zero-order valence-corrected chi connectivity index (χ0v) is 13.2. The number of aryl methyl sites for hydroxylation is 1. The molecule has 0 atom stereocenters. The Bertz CT molecular complexity index is 667. The van der Waals surface area contributed by atoms with Crippen LogP contribution >= 0.6 is 11.3 Å². The fourth-order valence-electron chi connectivity index (χ4n) is 1.88. The number of hydrogen-bond donors (Lipinski definition) is 1. The van der Waals surface area contributed by atoms with Crippen molar-refractivity contribution in [3.8, 4) is 5.75 Å². The van der Waals surface area contributed by atoms with Crippen molar-refractivity contribution in [2.24, 2.45) is 0 Å². The van der Waals surface area contributed by atoms with E-state index in [1.807, 2.05) is 16.8 Å². The SMILES string of the molecule is Cc1cccc(C(=O)OCC(=O)N(C)Cc2ccsc2)c1O. The van der Waals surface area contributed by atoms with E-state index in [-0.39, 0.29) is 23.8 Å². The highest BCUT2D eigenvalue weighted by atomic mass is 32.1. The van der Waals surface area contributed by atoms with Crippen molar-refractivity contribution in [3.05, 3.63) is 51.7 Å². The third-order valence-corrected chi connectivity index (χ3v) is 3.94. The van der Waals surface area contributed by atoms with E-state index >= 15 is 0 Å². The minimum Gasteiger partial charge on any atom is -0.507 e. The summed E-state index contributed by atoms with van der Waals surface area (Å²) in [6, 6.07) is 6.73. The van der Waals surface area contributed by atoms with Gasteiger partial charge in [-0.15, -0.1) is 0 Å². The number of likely N-dealkylation sites (N-methyl/N-ethyl adjacent to an activating group) is 1. The van der Waals surface area contributed by atoms with Crippen LogP contribution in [0.1, 0.15) is 21.5 Å². The number of para-hydroxylation sites is 1. The van der Waals surface area contributed by atoms with E-state index in [1.165, 1.54) is 11.0 Å². The molecule has 0 fully saturated rings. The molecule has 0 unspecified atom stereocenters. The second-order valence-electron chi connectivity index (χ2n) is 4.93. The summed E-state index contributed by atoms with van der Waals surface area (Å²) in [5.41, 5.74) is 1.67. The van der Waals surface area contributed by atoms with Crippen LogP contribution in [0.2, 0.25) is 0 Å². The predicted octanol–water partition coefficient (Wildman–Crippen LogP) is 2.58. The minimum absolute atomic E-state index is 0.0632. The highest BCUT2D eigenvalue weighted by Crippen LogP contribution is 2.22. The number of thiophene rings is 1. The van der Waals surface area contributed by atoms with Gasteiger partial charge < -0.3 is 14.7 Å². The first-order valence-corrected chi connectivity index (χ1v) is 7.64. The minimum atomic E-state index is -0.710. The van der Waals surface area contributed by atoms with Gasteiger partial charge in [-0.1, -0.05) is 12.1 Å². The van der Waals surface area contributed by atoms with E-state index in [1.54, 1.807) is 37.4 Å². The van der Waals surface area contributed by atoms with Gasteiger partial charge in [-0.3, -0.25) is 4.79 Å². The molecule has 22 heavy (non-hydrogen) atoms. The van der Waals surface area contributed by atoms with Gasteiger partial charge in [-0.05, 0) is 40.9 Å². The molecular formula is C16H17NO4S. The molecule has 116 valence electrons. The van der Waals surface area contributed by atoms with Crippen LogP contribution in [0.3, 0.4) is 0 Å². The molecule has 0 radical (unpaired) electrons. The van der Waals surface area contributed by atoms with Gasteiger partial charge in [0.15, 0.2) is 6.61 Å². The molecule has 5 nitrogen and oxygen atoms in total. The molecular weight excluding hydrogens is 302 g/mol. The van der Waals surface area contributed by atoms with E-state index in [9.17, 15) is 14.7 Å². The van der Waals surface area contributed by atoms with E-state index in [0.717, 1.165) is 5.56 Å². The summed E-state index contributed by atoms with van der Waals surface area (Å²) in [6.45, 7) is 1.80. The summed E-state index contributed by atoms with van der Waals surface area (Å²) in [7, 11) is 1.65. The number of phenols is 1. The van der Waals surface area contributed by atoms with Gasteiger partial charge in [0, 0.05) is 13.6 Å². The third-order valence-electron chi connectivity index (χ3n) is 3.21. The van der Waals surface area contributed by atoms with E-state index in [0.29, 0.717) is 12.1 Å². The molecule has 2 rings (SSSR count). The zero-order valence-electron chi connectivity index (χ0n) is 12.4. The maximum atomic E-state index is 11.9. The second kappa shape index (κ2) is 7.09. The van der Waals surface area contributed by atoms with Crippen LogP contribution < -0.4 is 0 Å². The number of carbonyl (C=O) groups excluding carboxylic acids is 2. The van der Waals surface area contributed by atoms with Gasteiger partial charge in [0.1, 0.15) is 11.3 Å². The molecule has 0 spiro atoms. The normalized spacial score (nSPS) is 10.3. The molecule has 0 aliphatic heterocycles. The smallest absolute Gasteiger partial charge is 0.342 e. The molecule has 6 heteroatoms. The molecule has 1 aromatic heterocycles. The number of phenolic OH excluding ortho intramolecular Hbond substituents is 1. The van der Waals surface area contributed by atoms with Crippen LogP contribution in [0.4, 0.5) is 0 Å². The van der Waals surface area contributed by atoms with E-state index < -0.39 is 5.97 Å². The van der Waals surface area contributed by atoms with Crippen LogP contribution in [0.25, 0.3) is 0 Å². The standard InChI is InChI=1S/C16H17NO4S/c1-11-4-3-5-13(15(11)19)16(20)21-9-14(18)17(2)8-12-6-7-22-10-12/h3-7,10,19H,8-9H2,1-2H3. The largest absolute Gasteiger partial charge is 0.507 e. The van der Waals surface area contributed by atoms with Gasteiger partial charge in [-0.2, -0.15) is 11.3 Å². The van der Waals surface area contributed by atoms with Crippen LogP contribution in [-0.2, 0) is 16.1 Å². The van der Waals surface area contributed by atoms with Gasteiger partial charge in [0.2, 0.25) is 0 Å². The molecule has 1 amide bonds. The molecule has 0 aliphatic carbocycles. The first-order chi connectivity index (χ1) is 10.5. The predicted molar refractivity (Wildman–Crippen MR) is 83.9 cm³/mol. The first kappa shape index (κ1) is 16.0.